The lowest BCUT2D eigenvalue weighted by Gasteiger charge is -2.19. The van der Waals surface area contributed by atoms with E-state index in [0.29, 0.717) is 16.9 Å². The minimum atomic E-state index is -2.75. The first-order valence-corrected chi connectivity index (χ1v) is 12.5. The molecule has 0 atom stereocenters. The van der Waals surface area contributed by atoms with Crippen molar-refractivity contribution in [1.82, 2.24) is 25.1 Å². The number of benzene rings is 1. The van der Waals surface area contributed by atoms with Gasteiger partial charge in [-0.3, -0.25) is 9.48 Å². The monoisotopic (exact) mass is 569 g/mol. The van der Waals surface area contributed by atoms with Gasteiger partial charge in [-0.1, -0.05) is 11.0 Å². The van der Waals surface area contributed by atoms with E-state index in [1.165, 1.54) is 65.9 Å². The molecule has 0 radical (unpaired) electrons. The van der Waals surface area contributed by atoms with Crippen molar-refractivity contribution >= 4 is 17.5 Å². The summed E-state index contributed by atoms with van der Waals surface area (Å²) >= 11 is 0. The van der Waals surface area contributed by atoms with E-state index >= 15 is 4.39 Å². The van der Waals surface area contributed by atoms with Crippen LogP contribution in [0.15, 0.2) is 59.2 Å². The zero-order chi connectivity index (χ0) is 29.0. The maximum atomic E-state index is 15.2. The number of carbonyl (C=O) groups excluding carboxylic acids is 1. The average molecular weight is 570 g/mol. The van der Waals surface area contributed by atoms with Crippen molar-refractivity contribution < 1.29 is 27.4 Å². The van der Waals surface area contributed by atoms with Crippen LogP contribution < -0.4 is 20.0 Å². The van der Waals surface area contributed by atoms with Gasteiger partial charge in [0.05, 0.1) is 50.5 Å². The Labute approximate surface area is 232 Å². The van der Waals surface area contributed by atoms with Gasteiger partial charge in [-0.05, 0) is 12.1 Å². The summed E-state index contributed by atoms with van der Waals surface area (Å²) in [7, 11) is 2.82. The Hall–Kier alpha value is -4.75. The van der Waals surface area contributed by atoms with Gasteiger partial charge in [-0.2, -0.15) is 5.10 Å². The first-order valence-electron chi connectivity index (χ1n) is 12.5. The molecule has 12 nitrogen and oxygen atoms in total. The summed E-state index contributed by atoms with van der Waals surface area (Å²) in [5, 5.41) is 16.2. The quantitative estimate of drug-likeness (QED) is 0.368. The number of alkyl halides is 2. The van der Waals surface area contributed by atoms with Crippen LogP contribution in [0.25, 0.3) is 0 Å². The summed E-state index contributed by atoms with van der Waals surface area (Å²) in [6.07, 6.45) is 7.21. The number of halogens is 3. The molecule has 1 N–H and O–H groups in total. The van der Waals surface area contributed by atoms with E-state index in [0.717, 1.165) is 0 Å². The van der Waals surface area contributed by atoms with E-state index in [1.54, 1.807) is 6.07 Å². The smallest absolute Gasteiger partial charge is 0.267 e. The van der Waals surface area contributed by atoms with Crippen LogP contribution >= 0.6 is 0 Å². The highest BCUT2D eigenvalue weighted by Gasteiger charge is 2.39. The van der Waals surface area contributed by atoms with Crippen molar-refractivity contribution in [1.29, 1.82) is 0 Å². The van der Waals surface area contributed by atoms with Gasteiger partial charge >= 0.3 is 0 Å². The molecule has 0 spiro atoms. The number of rotatable bonds is 10. The molecule has 1 fully saturated rings. The highest BCUT2D eigenvalue weighted by atomic mass is 19.3. The zero-order valence-corrected chi connectivity index (χ0v) is 22.2. The fourth-order valence-corrected chi connectivity index (χ4v) is 4.42. The number of aromatic nitrogens is 4. The summed E-state index contributed by atoms with van der Waals surface area (Å²) in [6, 6.07) is 3.05. The maximum Gasteiger partial charge on any atom is 0.267 e. The molecule has 5 rings (SSSR count). The van der Waals surface area contributed by atoms with Crippen molar-refractivity contribution in [2.45, 2.75) is 32.0 Å². The third kappa shape index (κ3) is 6.21. The fraction of sp³-hybridized carbons (Fsp3) is 0.346. The minimum absolute atomic E-state index is 0.00559. The number of methoxy groups -OCH3 is 2. The summed E-state index contributed by atoms with van der Waals surface area (Å²) in [5.74, 6) is -3.68. The van der Waals surface area contributed by atoms with Crippen LogP contribution in [0.5, 0.6) is 5.75 Å². The predicted octanol–water partition coefficient (Wildman–Crippen LogP) is 3.60. The Balaban J connectivity index is 1.31. The molecular weight excluding hydrogens is 543 g/mol. The number of carbonyl (C=O) groups is 1. The van der Waals surface area contributed by atoms with Gasteiger partial charge in [0.25, 0.3) is 11.8 Å². The molecule has 0 unspecified atom stereocenters. The summed E-state index contributed by atoms with van der Waals surface area (Å²) < 4.78 is 54.2. The van der Waals surface area contributed by atoms with Crippen molar-refractivity contribution in [3.8, 4) is 5.75 Å². The number of nitrogens with zero attached hydrogens (tertiary/aromatic N) is 8. The second-order valence-corrected chi connectivity index (χ2v) is 9.28. The molecule has 0 bridgehead atoms. The number of amides is 1. The van der Waals surface area contributed by atoms with Crippen LogP contribution in [0.1, 0.15) is 33.6 Å². The normalized spacial score (nSPS) is 15.5. The average Bonchev–Trinajstić information content (AvgIpc) is 3.55. The largest absolute Gasteiger partial charge is 0.494 e. The number of hydrogen-bond acceptors (Lipinski definition) is 10. The van der Waals surface area contributed by atoms with Crippen molar-refractivity contribution in [3.05, 3.63) is 77.1 Å². The lowest BCUT2D eigenvalue weighted by Crippen LogP contribution is -2.26. The summed E-state index contributed by atoms with van der Waals surface area (Å²) in [6.45, 7) is -0.153. The van der Waals surface area contributed by atoms with Crippen LogP contribution in [0.3, 0.4) is 0 Å². The Morgan fingerprint density at radius 2 is 2.02 bits per heavy atom. The Bertz CT molecular complexity index is 1520. The highest BCUT2D eigenvalue weighted by Crippen LogP contribution is 2.31. The van der Waals surface area contributed by atoms with Crippen molar-refractivity contribution in [3.63, 3.8) is 0 Å². The third-order valence-electron chi connectivity index (χ3n) is 6.41. The molecule has 4 heterocycles. The van der Waals surface area contributed by atoms with Gasteiger partial charge in [0, 0.05) is 56.3 Å². The summed E-state index contributed by atoms with van der Waals surface area (Å²) in [4.78, 5) is 23.1. The zero-order valence-electron chi connectivity index (χ0n) is 22.2. The molecule has 0 saturated carbocycles. The van der Waals surface area contributed by atoms with Crippen LogP contribution in [0.2, 0.25) is 0 Å². The minimum Gasteiger partial charge on any atom is -0.494 e. The second kappa shape index (κ2) is 11.8. The number of ether oxygens (including phenoxy) is 2. The number of anilines is 2. The van der Waals surface area contributed by atoms with E-state index in [9.17, 15) is 13.6 Å². The van der Waals surface area contributed by atoms with E-state index in [1.807, 2.05) is 0 Å². The molecule has 41 heavy (non-hydrogen) atoms. The fourth-order valence-electron chi connectivity index (χ4n) is 4.42. The molecular formula is C26H26F3N9O3. The van der Waals surface area contributed by atoms with Crippen molar-refractivity contribution in [2.75, 3.05) is 37.2 Å². The van der Waals surface area contributed by atoms with Crippen LogP contribution in [-0.2, 0) is 24.4 Å². The standard InChI is InChI=1S/C26H26F3N9O3/c1-40-15-20-19(14-37(34-20)13-17-10-31-25(32-11-17)36-9-6-26(28,29)16-36)24(39)30-12-18-21(38-8-3-7-33-35-38)4-5-22(41-2)23(18)27/h4-5,7-8,10-11,14H,6,9,12-13,15-16H2,1-2H3,(H,30,39). The molecule has 3 aromatic rings. The van der Waals surface area contributed by atoms with Gasteiger partial charge < -0.3 is 19.7 Å². The van der Waals surface area contributed by atoms with E-state index in [2.05, 4.69) is 36.5 Å². The van der Waals surface area contributed by atoms with E-state index in [4.69, 9.17) is 9.47 Å². The number of nitrogens with one attached hydrogen (secondary N) is 1. The Kier molecular flexibility index (Phi) is 7.99. The topological polar surface area (TPSA) is 122 Å². The lowest BCUT2D eigenvalue weighted by molar-refractivity contribution is 0.0256. The van der Waals surface area contributed by atoms with E-state index < -0.39 is 24.2 Å². The molecule has 2 aromatic heterocycles. The van der Waals surface area contributed by atoms with E-state index in [-0.39, 0.29) is 55.5 Å². The second-order valence-electron chi connectivity index (χ2n) is 9.28. The molecule has 1 saturated heterocycles. The Morgan fingerprint density at radius 1 is 1.22 bits per heavy atom. The third-order valence-corrected chi connectivity index (χ3v) is 6.41. The molecule has 0 aliphatic carbocycles. The van der Waals surface area contributed by atoms with Gasteiger partial charge in [0.2, 0.25) is 5.95 Å². The molecule has 1 aromatic carbocycles. The molecule has 214 valence electrons. The van der Waals surface area contributed by atoms with Gasteiger partial charge in [-0.25, -0.2) is 28.1 Å². The SMILES string of the molecule is COCc1nn(Cc2cnc(N3CCC(F)(F)C3)nc2)cc1C(=O)NCc1c(N2C=C=CN=N2)ccc(OC)c1F. The van der Waals surface area contributed by atoms with Crippen LogP contribution in [-0.4, -0.2) is 58.9 Å². The van der Waals surface area contributed by atoms with Gasteiger partial charge in [-0.15, -0.1) is 5.11 Å². The van der Waals surface area contributed by atoms with Gasteiger partial charge in [0.15, 0.2) is 11.6 Å². The first kappa shape index (κ1) is 27.8. The van der Waals surface area contributed by atoms with Crippen molar-refractivity contribution in [2.24, 2.45) is 10.3 Å². The predicted molar refractivity (Wildman–Crippen MR) is 140 cm³/mol. The molecule has 15 heteroatoms. The van der Waals surface area contributed by atoms with Crippen LogP contribution in [0, 0.1) is 5.82 Å². The highest BCUT2D eigenvalue weighted by molar-refractivity contribution is 5.95. The maximum absolute atomic E-state index is 15.2. The van der Waals surface area contributed by atoms with Gasteiger partial charge in [0.1, 0.15) is 5.69 Å². The number of hydrogen-bond donors (Lipinski definition) is 1. The van der Waals surface area contributed by atoms with Crippen LogP contribution in [0.4, 0.5) is 24.8 Å². The summed E-state index contributed by atoms with van der Waals surface area (Å²) in [5.41, 5.74) is 4.50. The molecule has 2 aliphatic rings. The first-order chi connectivity index (χ1) is 19.8. The lowest BCUT2D eigenvalue weighted by atomic mass is 10.1. The molecule has 2 aliphatic heterocycles. The Morgan fingerprint density at radius 3 is 2.68 bits per heavy atom. The molecule has 1 amide bonds.